The van der Waals surface area contributed by atoms with Gasteiger partial charge in [-0.1, -0.05) is 23.8 Å². The van der Waals surface area contributed by atoms with Crippen LogP contribution in [0.3, 0.4) is 0 Å². The number of hydrogen-bond acceptors (Lipinski definition) is 3. The highest BCUT2D eigenvalue weighted by molar-refractivity contribution is 5.92. The Kier molecular flexibility index (Phi) is 4.55. The molecule has 3 aromatic heterocycles. The Balaban J connectivity index is 1.21. The Morgan fingerprint density at radius 3 is 2.71 bits per heavy atom. The van der Waals surface area contributed by atoms with E-state index in [-0.39, 0.29) is 5.82 Å². The lowest BCUT2D eigenvalue weighted by Crippen LogP contribution is -2.14. The van der Waals surface area contributed by atoms with Gasteiger partial charge in [-0.3, -0.25) is 0 Å². The number of hydrogen-bond donors (Lipinski definition) is 1. The highest BCUT2D eigenvalue weighted by atomic mass is 19.1. The van der Waals surface area contributed by atoms with Crippen molar-refractivity contribution in [2.45, 2.75) is 50.9 Å². The van der Waals surface area contributed by atoms with Crippen molar-refractivity contribution < 1.29 is 4.39 Å². The van der Waals surface area contributed by atoms with Gasteiger partial charge >= 0.3 is 0 Å². The highest BCUT2D eigenvalue weighted by Crippen LogP contribution is 2.39. The van der Waals surface area contributed by atoms with Crippen molar-refractivity contribution in [1.29, 1.82) is 0 Å². The number of halogens is 1. The van der Waals surface area contributed by atoms with Crippen molar-refractivity contribution in [1.82, 2.24) is 24.8 Å². The Labute approximate surface area is 163 Å². The third-order valence-electron chi connectivity index (χ3n) is 6.22. The van der Waals surface area contributed by atoms with E-state index >= 15 is 0 Å². The van der Waals surface area contributed by atoms with Gasteiger partial charge in [-0.05, 0) is 68.2 Å². The number of rotatable bonds is 5. The molecule has 1 N–H and O–H groups in total. The molecule has 1 fully saturated rings. The van der Waals surface area contributed by atoms with Crippen molar-refractivity contribution in [2.75, 3.05) is 0 Å². The molecule has 0 unspecified atom stereocenters. The third-order valence-corrected chi connectivity index (χ3v) is 6.22. The Morgan fingerprint density at radius 1 is 1.07 bits per heavy atom. The van der Waals surface area contributed by atoms with Crippen molar-refractivity contribution >= 4 is 16.6 Å². The van der Waals surface area contributed by atoms with Gasteiger partial charge in [-0.15, -0.1) is 5.10 Å². The summed E-state index contributed by atoms with van der Waals surface area (Å²) in [5.74, 6) is 1.11. The van der Waals surface area contributed by atoms with Crippen LogP contribution in [0.1, 0.15) is 55.7 Å². The zero-order valence-corrected chi connectivity index (χ0v) is 15.8. The largest absolute Gasteiger partial charge is 0.346 e. The maximum atomic E-state index is 13.0. The van der Waals surface area contributed by atoms with Crippen LogP contribution in [0.25, 0.3) is 16.6 Å². The number of H-pyrrole nitrogens is 1. The van der Waals surface area contributed by atoms with Crippen molar-refractivity contribution in [2.24, 2.45) is 5.92 Å². The van der Waals surface area contributed by atoms with Gasteiger partial charge in [-0.2, -0.15) is 0 Å². The van der Waals surface area contributed by atoms with Gasteiger partial charge in [0.1, 0.15) is 23.3 Å². The lowest BCUT2D eigenvalue weighted by atomic mass is 9.78. The molecule has 0 spiro atoms. The van der Waals surface area contributed by atoms with Crippen LogP contribution in [-0.2, 0) is 6.42 Å². The number of nitrogens with zero attached hydrogens (tertiary/aromatic N) is 4. The maximum Gasteiger partial charge on any atom is 0.141 e. The second-order valence-electron chi connectivity index (χ2n) is 7.99. The molecule has 28 heavy (non-hydrogen) atoms. The van der Waals surface area contributed by atoms with Crippen LogP contribution >= 0.6 is 0 Å². The molecule has 5 nitrogen and oxygen atoms in total. The summed E-state index contributed by atoms with van der Waals surface area (Å²) >= 11 is 0. The van der Waals surface area contributed by atoms with Crippen molar-refractivity contribution in [3.63, 3.8) is 0 Å². The lowest BCUT2D eigenvalue weighted by molar-refractivity contribution is 0.303. The molecule has 0 radical (unpaired) electrons. The molecule has 0 amide bonds. The molecular weight excluding hydrogens is 353 g/mol. The summed E-state index contributed by atoms with van der Waals surface area (Å²) in [5, 5.41) is 9.91. The minimum Gasteiger partial charge on any atom is -0.346 e. The summed E-state index contributed by atoms with van der Waals surface area (Å²) in [6.07, 6.45) is 12.0. The quantitative estimate of drug-likeness (QED) is 0.530. The molecular formula is C22H24FN5. The topological polar surface area (TPSA) is 58.9 Å². The van der Waals surface area contributed by atoms with Crippen molar-refractivity contribution in [3.8, 4) is 0 Å². The van der Waals surface area contributed by atoms with Crippen LogP contribution in [0.5, 0.6) is 0 Å². The molecule has 3 heterocycles. The van der Waals surface area contributed by atoms with E-state index in [1.54, 1.807) is 23.0 Å². The van der Waals surface area contributed by atoms with Crippen LogP contribution in [0, 0.1) is 11.7 Å². The molecule has 1 aliphatic carbocycles. The number of aromatic amines is 1. The average Bonchev–Trinajstić information content (AvgIpc) is 3.36. The predicted molar refractivity (Wildman–Crippen MR) is 107 cm³/mol. The Bertz CT molecular complexity index is 1070. The second kappa shape index (κ2) is 7.34. The monoisotopic (exact) mass is 377 g/mol. The van der Waals surface area contributed by atoms with Crippen LogP contribution in [0.15, 0.2) is 42.9 Å². The van der Waals surface area contributed by atoms with Gasteiger partial charge in [0.05, 0.1) is 5.69 Å². The third kappa shape index (κ3) is 3.28. The number of nitrogens with one attached hydrogen (secondary N) is 1. The fraction of sp³-hybridized carbons (Fsp3) is 0.409. The number of benzene rings is 1. The summed E-state index contributed by atoms with van der Waals surface area (Å²) in [4.78, 5) is 7.57. The molecule has 1 aromatic carbocycles. The molecule has 6 heteroatoms. The number of fused-ring (bicyclic) bond motifs is 3. The molecule has 1 saturated carbocycles. The SMILES string of the molecule is Fc1ccc(CCCC2CCC(c3nnn4cnc5[nH]ccc5c34)CC2)cc1. The van der Waals surface area contributed by atoms with Crippen LogP contribution in [0.2, 0.25) is 0 Å². The first-order valence-corrected chi connectivity index (χ1v) is 10.2. The van der Waals surface area contributed by atoms with E-state index in [9.17, 15) is 4.39 Å². The number of aryl methyl sites for hydroxylation is 1. The van der Waals surface area contributed by atoms with E-state index < -0.39 is 0 Å². The Hall–Kier alpha value is -2.76. The van der Waals surface area contributed by atoms with Crippen LogP contribution in [0.4, 0.5) is 4.39 Å². The Morgan fingerprint density at radius 2 is 1.89 bits per heavy atom. The maximum absolute atomic E-state index is 13.0. The minimum absolute atomic E-state index is 0.156. The average molecular weight is 377 g/mol. The van der Waals surface area contributed by atoms with Gasteiger partial charge in [0.2, 0.25) is 0 Å². The zero-order chi connectivity index (χ0) is 18.9. The lowest BCUT2D eigenvalue weighted by Gasteiger charge is -2.27. The normalized spacial score (nSPS) is 20.2. The van der Waals surface area contributed by atoms with Crippen molar-refractivity contribution in [3.05, 3.63) is 59.9 Å². The van der Waals surface area contributed by atoms with Gasteiger partial charge in [-0.25, -0.2) is 13.9 Å². The van der Waals surface area contributed by atoms with E-state index in [0.29, 0.717) is 5.92 Å². The molecule has 0 saturated heterocycles. The summed E-state index contributed by atoms with van der Waals surface area (Å²) in [5.41, 5.74) is 4.35. The van der Waals surface area contributed by atoms with E-state index in [1.165, 1.54) is 44.1 Å². The smallest absolute Gasteiger partial charge is 0.141 e. The molecule has 5 rings (SSSR count). The number of aromatic nitrogens is 5. The first-order valence-electron chi connectivity index (χ1n) is 10.2. The summed E-state index contributed by atoms with van der Waals surface area (Å²) in [6, 6.07) is 8.98. The van der Waals surface area contributed by atoms with Gasteiger partial charge in [0, 0.05) is 17.5 Å². The molecule has 0 atom stereocenters. The van der Waals surface area contributed by atoms with Crippen LogP contribution < -0.4 is 0 Å². The van der Waals surface area contributed by atoms with Crippen LogP contribution in [-0.4, -0.2) is 24.8 Å². The first-order chi connectivity index (χ1) is 13.8. The molecule has 0 bridgehead atoms. The molecule has 1 aliphatic rings. The summed E-state index contributed by atoms with van der Waals surface area (Å²) in [6.45, 7) is 0. The van der Waals surface area contributed by atoms with E-state index in [0.717, 1.165) is 34.6 Å². The van der Waals surface area contributed by atoms with Gasteiger partial charge in [0.15, 0.2) is 0 Å². The fourth-order valence-corrected chi connectivity index (χ4v) is 4.66. The molecule has 144 valence electrons. The first kappa shape index (κ1) is 17.3. The van der Waals surface area contributed by atoms with E-state index in [4.69, 9.17) is 0 Å². The van der Waals surface area contributed by atoms with Gasteiger partial charge < -0.3 is 4.98 Å². The fourth-order valence-electron chi connectivity index (χ4n) is 4.66. The highest BCUT2D eigenvalue weighted by Gasteiger charge is 2.26. The molecule has 0 aliphatic heterocycles. The minimum atomic E-state index is -0.156. The molecule has 4 aromatic rings. The van der Waals surface area contributed by atoms with Gasteiger partial charge in [0.25, 0.3) is 0 Å². The summed E-state index contributed by atoms with van der Waals surface area (Å²) < 4.78 is 14.8. The van der Waals surface area contributed by atoms with E-state index in [1.807, 2.05) is 18.3 Å². The standard InChI is InChI=1S/C22H24FN5/c23-18-10-6-16(7-11-18)3-1-2-15-4-8-17(9-5-15)20-21-19-12-13-24-22(19)25-14-28(21)27-26-20/h6-7,10-15,17,24H,1-5,8-9H2. The predicted octanol–water partition coefficient (Wildman–Crippen LogP) is 5.04. The summed E-state index contributed by atoms with van der Waals surface area (Å²) in [7, 11) is 0. The second-order valence-corrected chi connectivity index (χ2v) is 7.99. The van der Waals surface area contributed by atoms with E-state index in [2.05, 4.69) is 26.3 Å². The zero-order valence-electron chi connectivity index (χ0n) is 15.8.